The van der Waals surface area contributed by atoms with Crippen molar-refractivity contribution in [3.05, 3.63) is 0 Å². The van der Waals surface area contributed by atoms with Crippen LogP contribution >= 0.6 is 0 Å². The molecule has 1 fully saturated rings. The van der Waals surface area contributed by atoms with E-state index in [-0.39, 0.29) is 57.1 Å². The average Bonchev–Trinajstić information content (AvgIpc) is 2.02. The van der Waals surface area contributed by atoms with Crippen LogP contribution in [-0.2, 0) is 14.9 Å². The van der Waals surface area contributed by atoms with Crippen molar-refractivity contribution in [2.45, 2.75) is 0 Å². The molecule has 0 aromatic heterocycles. The van der Waals surface area contributed by atoms with E-state index < -0.39 is 10.1 Å². The number of hydrogen-bond donors (Lipinski definition) is 1. The van der Waals surface area contributed by atoms with Gasteiger partial charge in [0.05, 0.1) is 19.0 Å². The zero-order valence-corrected chi connectivity index (χ0v) is 11.7. The summed E-state index contributed by atoms with van der Waals surface area (Å²) in [5, 5.41) is 0. The van der Waals surface area contributed by atoms with Gasteiger partial charge in [0.2, 0.25) is 0 Å². The predicted octanol–water partition coefficient (Wildman–Crippen LogP) is -1.17. The Kier molecular flexibility index (Phi) is 7.63. The smallest absolute Gasteiger partial charge is 0.266 e. The van der Waals surface area contributed by atoms with E-state index in [1.54, 1.807) is 0 Å². The van der Waals surface area contributed by atoms with Crippen molar-refractivity contribution in [2.24, 2.45) is 0 Å². The summed E-state index contributed by atoms with van der Waals surface area (Å²) < 4.78 is 34.3. The van der Waals surface area contributed by atoms with Crippen LogP contribution < -0.4 is 0 Å². The molecule has 7 heteroatoms. The Labute approximate surface area is 121 Å². The molecule has 0 amide bonds. The minimum atomic E-state index is -3.81. The quantitative estimate of drug-likeness (QED) is 0.492. The predicted molar refractivity (Wildman–Crippen MR) is 49.4 cm³/mol. The first-order valence-corrected chi connectivity index (χ1v) is 5.44. The summed E-state index contributed by atoms with van der Waals surface area (Å²) in [5.41, 5.74) is 0. The Morgan fingerprint density at radius 2 is 1.85 bits per heavy atom. The third-order valence-electron chi connectivity index (χ3n) is 1.77. The Balaban J connectivity index is 0.00000144. The van der Waals surface area contributed by atoms with E-state index in [2.05, 4.69) is 0 Å². The molecule has 5 nitrogen and oxygen atoms in total. The molecule has 0 spiro atoms. The monoisotopic (exact) mass is 234 g/mol. The van der Waals surface area contributed by atoms with E-state index >= 15 is 0 Å². The summed E-state index contributed by atoms with van der Waals surface area (Å²) >= 11 is 0. The van der Waals surface area contributed by atoms with Crippen LogP contribution in [-0.4, -0.2) is 108 Å². The SMILES string of the molecule is O=S(=O)(O)CCN1CCOCC1.[K]. The molecule has 0 atom stereocenters. The molecule has 0 unspecified atom stereocenters. The minimum Gasteiger partial charge on any atom is -0.379 e. The first kappa shape index (κ1) is 14.5. The molecule has 1 N–H and O–H groups in total. The fourth-order valence-electron chi connectivity index (χ4n) is 1.07. The average molecular weight is 234 g/mol. The van der Waals surface area contributed by atoms with Gasteiger partial charge >= 0.3 is 0 Å². The molecular formula is C6H13KNO4S. The second-order valence-corrected chi connectivity index (χ2v) is 4.31. The van der Waals surface area contributed by atoms with Crippen molar-refractivity contribution in [3.63, 3.8) is 0 Å². The third kappa shape index (κ3) is 7.40. The van der Waals surface area contributed by atoms with Gasteiger partial charge in [-0.25, -0.2) is 0 Å². The fraction of sp³-hybridized carbons (Fsp3) is 1.00. The molecule has 0 bridgehead atoms. The van der Waals surface area contributed by atoms with E-state index in [0.717, 1.165) is 13.1 Å². The van der Waals surface area contributed by atoms with Crippen molar-refractivity contribution < 1.29 is 17.7 Å². The van der Waals surface area contributed by atoms with Crippen LogP contribution in [0.25, 0.3) is 0 Å². The summed E-state index contributed by atoms with van der Waals surface area (Å²) in [6.07, 6.45) is 0. The van der Waals surface area contributed by atoms with E-state index in [0.29, 0.717) is 19.8 Å². The van der Waals surface area contributed by atoms with Gasteiger partial charge in [0.15, 0.2) is 0 Å². The minimum absolute atomic E-state index is 0. The van der Waals surface area contributed by atoms with Crippen molar-refractivity contribution in [2.75, 3.05) is 38.6 Å². The van der Waals surface area contributed by atoms with Gasteiger partial charge in [0.25, 0.3) is 10.1 Å². The summed E-state index contributed by atoms with van der Waals surface area (Å²) in [6.45, 7) is 3.17. The molecule has 73 valence electrons. The van der Waals surface area contributed by atoms with Gasteiger partial charge in [0, 0.05) is 71.0 Å². The van der Waals surface area contributed by atoms with Gasteiger partial charge in [0.1, 0.15) is 0 Å². The van der Waals surface area contributed by atoms with Crippen LogP contribution in [0.4, 0.5) is 0 Å². The molecule has 0 saturated carbocycles. The first-order valence-electron chi connectivity index (χ1n) is 3.83. The number of ether oxygens (including phenoxy) is 1. The zero-order valence-electron chi connectivity index (χ0n) is 7.77. The van der Waals surface area contributed by atoms with Gasteiger partial charge in [-0.15, -0.1) is 0 Å². The number of morpholine rings is 1. The van der Waals surface area contributed by atoms with Gasteiger partial charge in [-0.3, -0.25) is 9.45 Å². The van der Waals surface area contributed by atoms with E-state index in [1.807, 2.05) is 4.90 Å². The van der Waals surface area contributed by atoms with Crippen molar-refractivity contribution >= 4 is 61.5 Å². The van der Waals surface area contributed by atoms with E-state index in [4.69, 9.17) is 9.29 Å². The standard InChI is InChI=1S/C6H13NO4S.K/c8-12(9,10)6-3-7-1-4-11-5-2-7;/h1-6H2,(H,8,9,10);. The van der Waals surface area contributed by atoms with Crippen molar-refractivity contribution in [1.82, 2.24) is 4.90 Å². The van der Waals surface area contributed by atoms with Crippen LogP contribution in [0.5, 0.6) is 0 Å². The molecule has 1 heterocycles. The normalized spacial score (nSPS) is 19.5. The topological polar surface area (TPSA) is 66.8 Å². The summed E-state index contributed by atoms with van der Waals surface area (Å²) in [7, 11) is -3.81. The van der Waals surface area contributed by atoms with Crippen molar-refractivity contribution in [1.29, 1.82) is 0 Å². The summed E-state index contributed by atoms with van der Waals surface area (Å²) in [5.74, 6) is -0.188. The molecule has 1 radical (unpaired) electrons. The van der Waals surface area contributed by atoms with E-state index in [9.17, 15) is 8.42 Å². The van der Waals surface area contributed by atoms with Crippen LogP contribution in [0.3, 0.4) is 0 Å². The van der Waals surface area contributed by atoms with Crippen LogP contribution in [0.1, 0.15) is 0 Å². The first-order chi connectivity index (χ1) is 5.58. The van der Waals surface area contributed by atoms with Crippen molar-refractivity contribution in [3.8, 4) is 0 Å². The summed E-state index contributed by atoms with van der Waals surface area (Å²) in [6, 6.07) is 0. The van der Waals surface area contributed by atoms with E-state index in [1.165, 1.54) is 0 Å². The molecule has 1 aliphatic rings. The van der Waals surface area contributed by atoms with Crippen LogP contribution in [0, 0.1) is 0 Å². The maximum absolute atomic E-state index is 10.4. The van der Waals surface area contributed by atoms with Gasteiger partial charge in [-0.2, -0.15) is 8.42 Å². The Hall–Kier alpha value is 1.47. The number of hydrogen-bond acceptors (Lipinski definition) is 4. The van der Waals surface area contributed by atoms with Gasteiger partial charge in [-0.05, 0) is 0 Å². The molecular weight excluding hydrogens is 221 g/mol. The molecule has 1 rings (SSSR count). The van der Waals surface area contributed by atoms with Gasteiger partial charge < -0.3 is 4.74 Å². The second-order valence-electron chi connectivity index (χ2n) is 2.74. The summed E-state index contributed by atoms with van der Waals surface area (Å²) in [4.78, 5) is 1.96. The maximum atomic E-state index is 10.4. The van der Waals surface area contributed by atoms with Crippen LogP contribution in [0.2, 0.25) is 0 Å². The maximum Gasteiger partial charge on any atom is 0.266 e. The molecule has 1 saturated heterocycles. The third-order valence-corrected chi connectivity index (χ3v) is 2.47. The zero-order chi connectivity index (χ0) is 9.03. The molecule has 0 aliphatic carbocycles. The molecule has 13 heavy (non-hydrogen) atoms. The molecule has 1 aliphatic heterocycles. The van der Waals surface area contributed by atoms with Gasteiger partial charge in [-0.1, -0.05) is 0 Å². The molecule has 0 aromatic carbocycles. The number of nitrogens with zero attached hydrogens (tertiary/aromatic N) is 1. The Morgan fingerprint density at radius 1 is 1.31 bits per heavy atom. The number of rotatable bonds is 3. The Morgan fingerprint density at radius 3 is 2.31 bits per heavy atom. The fourth-order valence-corrected chi connectivity index (χ4v) is 1.56. The van der Waals surface area contributed by atoms with Crippen LogP contribution in [0.15, 0.2) is 0 Å². The largest absolute Gasteiger partial charge is 0.379 e. The Bertz CT molecular complexity index is 225. The molecule has 0 aromatic rings. The second kappa shape index (κ2) is 6.86.